The van der Waals surface area contributed by atoms with Gasteiger partial charge in [0.25, 0.3) is 5.56 Å². The number of H-pyrrole nitrogens is 1. The summed E-state index contributed by atoms with van der Waals surface area (Å²) in [6.07, 6.45) is 1.93. The number of aromatic hydroxyl groups is 1. The summed E-state index contributed by atoms with van der Waals surface area (Å²) in [4.78, 5) is 19.1. The summed E-state index contributed by atoms with van der Waals surface area (Å²) in [6.45, 7) is 0.412. The van der Waals surface area contributed by atoms with Gasteiger partial charge >= 0.3 is 0 Å². The molecule has 0 amide bonds. The first kappa shape index (κ1) is 17.8. The third-order valence-electron chi connectivity index (χ3n) is 4.27. The van der Waals surface area contributed by atoms with Crippen LogP contribution in [0.15, 0.2) is 62.9 Å². The van der Waals surface area contributed by atoms with Crippen LogP contribution in [0.5, 0.6) is 5.88 Å². The summed E-state index contributed by atoms with van der Waals surface area (Å²) >= 11 is 5.20. The number of benzene rings is 2. The van der Waals surface area contributed by atoms with Crippen LogP contribution in [0.4, 0.5) is 5.69 Å². The van der Waals surface area contributed by atoms with Crippen molar-refractivity contribution in [2.45, 2.75) is 13.0 Å². The Hall–Kier alpha value is -3.59. The molecule has 0 atom stereocenters. The molecule has 140 valence electrons. The Morgan fingerprint density at radius 1 is 1.18 bits per heavy atom. The molecule has 9 heteroatoms. The third-order valence-corrected chi connectivity index (χ3v) is 4.59. The van der Waals surface area contributed by atoms with Crippen molar-refractivity contribution in [3.8, 4) is 5.88 Å². The molecule has 0 radical (unpaired) electrons. The molecule has 0 spiro atoms. The number of aromatic amines is 1. The van der Waals surface area contributed by atoms with Gasteiger partial charge in [-0.05, 0) is 46.6 Å². The van der Waals surface area contributed by atoms with E-state index in [1.54, 1.807) is 18.2 Å². The lowest BCUT2D eigenvalue weighted by Gasteiger charge is -2.11. The lowest BCUT2D eigenvalue weighted by molar-refractivity contribution is 0.315. The smallest absolute Gasteiger partial charge is 0.264 e. The van der Waals surface area contributed by atoms with Gasteiger partial charge in [-0.25, -0.2) is 4.63 Å². The van der Waals surface area contributed by atoms with Crippen molar-refractivity contribution in [1.29, 1.82) is 0 Å². The van der Waals surface area contributed by atoms with Crippen molar-refractivity contribution in [2.24, 2.45) is 4.99 Å². The van der Waals surface area contributed by atoms with Gasteiger partial charge in [0, 0.05) is 12.8 Å². The molecule has 0 saturated heterocycles. The number of hydrogen-bond donors (Lipinski definition) is 2. The number of nitrogens with zero attached hydrogens (tertiary/aromatic N) is 4. The lowest BCUT2D eigenvalue weighted by atomic mass is 10.1. The molecule has 4 rings (SSSR count). The molecular weight excluding hydrogens is 378 g/mol. The normalized spacial score (nSPS) is 11.4. The Balaban J connectivity index is 1.68. The van der Waals surface area contributed by atoms with Crippen molar-refractivity contribution >= 4 is 35.2 Å². The van der Waals surface area contributed by atoms with Gasteiger partial charge in [-0.1, -0.05) is 36.4 Å². The van der Waals surface area contributed by atoms with E-state index >= 15 is 0 Å². The zero-order chi connectivity index (χ0) is 19.5. The maximum Gasteiger partial charge on any atom is 0.264 e. The summed E-state index contributed by atoms with van der Waals surface area (Å²) in [7, 11) is 0. The molecular formula is C19H15N5O3S. The van der Waals surface area contributed by atoms with E-state index in [4.69, 9.17) is 16.8 Å². The quantitative estimate of drug-likeness (QED) is 0.398. The van der Waals surface area contributed by atoms with Crippen LogP contribution >= 0.6 is 12.2 Å². The molecule has 0 saturated carbocycles. The van der Waals surface area contributed by atoms with Gasteiger partial charge in [0.2, 0.25) is 5.88 Å². The van der Waals surface area contributed by atoms with Crippen LogP contribution in [-0.2, 0) is 13.0 Å². The first-order chi connectivity index (χ1) is 13.6. The fourth-order valence-electron chi connectivity index (χ4n) is 2.81. The summed E-state index contributed by atoms with van der Waals surface area (Å²) in [5.41, 5.74) is 2.06. The van der Waals surface area contributed by atoms with E-state index in [-0.39, 0.29) is 16.2 Å². The fourth-order valence-corrected chi connectivity index (χ4v) is 3.09. The lowest BCUT2D eigenvalue weighted by Crippen LogP contribution is -2.19. The monoisotopic (exact) mass is 393 g/mol. The predicted octanol–water partition coefficient (Wildman–Crippen LogP) is 3.14. The molecule has 2 N–H and O–H groups in total. The van der Waals surface area contributed by atoms with E-state index < -0.39 is 5.56 Å². The van der Waals surface area contributed by atoms with Gasteiger partial charge in [0.1, 0.15) is 11.1 Å². The highest BCUT2D eigenvalue weighted by atomic mass is 32.1. The minimum Gasteiger partial charge on any atom is -0.494 e. The molecule has 28 heavy (non-hydrogen) atoms. The average molecular weight is 393 g/mol. The van der Waals surface area contributed by atoms with E-state index in [0.717, 1.165) is 5.56 Å². The van der Waals surface area contributed by atoms with Crippen LogP contribution in [0.25, 0.3) is 11.0 Å². The van der Waals surface area contributed by atoms with Gasteiger partial charge in [-0.3, -0.25) is 19.3 Å². The average Bonchev–Trinajstić information content (AvgIpc) is 3.18. The van der Waals surface area contributed by atoms with Crippen molar-refractivity contribution in [3.63, 3.8) is 0 Å². The summed E-state index contributed by atoms with van der Waals surface area (Å²) in [6, 6.07) is 15.0. The molecule has 0 unspecified atom stereocenters. The number of fused-ring (bicyclic) bond motifs is 1. The van der Waals surface area contributed by atoms with Gasteiger partial charge in [0.05, 0.1) is 5.69 Å². The van der Waals surface area contributed by atoms with E-state index in [1.807, 2.05) is 30.3 Å². The van der Waals surface area contributed by atoms with Crippen molar-refractivity contribution in [1.82, 2.24) is 19.9 Å². The summed E-state index contributed by atoms with van der Waals surface area (Å²) in [5, 5.41) is 18.2. The molecule has 0 aliphatic carbocycles. The number of aryl methyl sites for hydroxylation is 1. The van der Waals surface area contributed by atoms with Crippen LogP contribution in [0.2, 0.25) is 0 Å². The van der Waals surface area contributed by atoms with Crippen molar-refractivity contribution in [2.75, 3.05) is 0 Å². The van der Waals surface area contributed by atoms with E-state index in [2.05, 4.69) is 20.3 Å². The molecule has 0 fully saturated rings. The Kier molecular flexibility index (Phi) is 4.81. The zero-order valence-electron chi connectivity index (χ0n) is 14.6. The second kappa shape index (κ2) is 7.57. The largest absolute Gasteiger partial charge is 0.494 e. The highest BCUT2D eigenvalue weighted by molar-refractivity contribution is 7.71. The number of aliphatic imine (C=N–C) groups is 1. The Morgan fingerprint density at radius 3 is 2.82 bits per heavy atom. The SMILES string of the molecule is O=c1[nH]c(=S)n(CCc2ccccc2)c(O)c1C=Nc1cccc2nonc12. The second-order valence-corrected chi connectivity index (χ2v) is 6.44. The Bertz CT molecular complexity index is 1270. The molecule has 0 aliphatic heterocycles. The minimum absolute atomic E-state index is 0.00937. The van der Waals surface area contributed by atoms with Crippen molar-refractivity contribution < 1.29 is 9.74 Å². The summed E-state index contributed by atoms with van der Waals surface area (Å²) in [5.74, 6) is -0.237. The standard InChI is InChI=1S/C19H15N5O3S/c25-17-13(11-20-14-7-4-8-15-16(14)23-27-22-15)18(26)24(19(28)21-17)10-9-12-5-2-1-3-6-12/h1-8,11,26H,9-10H2,(H,21,25,28). The minimum atomic E-state index is -0.521. The number of nitrogens with one attached hydrogen (secondary N) is 1. The Morgan fingerprint density at radius 2 is 2.00 bits per heavy atom. The zero-order valence-corrected chi connectivity index (χ0v) is 15.4. The molecule has 2 aromatic heterocycles. The van der Waals surface area contributed by atoms with Gasteiger partial charge < -0.3 is 5.11 Å². The molecule has 8 nitrogen and oxygen atoms in total. The van der Waals surface area contributed by atoms with Gasteiger partial charge in [-0.2, -0.15) is 0 Å². The highest BCUT2D eigenvalue weighted by Crippen LogP contribution is 2.23. The van der Waals surface area contributed by atoms with Gasteiger partial charge in [-0.15, -0.1) is 0 Å². The molecule has 2 heterocycles. The Labute approximate surface area is 163 Å². The molecule has 4 aromatic rings. The van der Waals surface area contributed by atoms with Crippen LogP contribution in [0, 0.1) is 4.77 Å². The van der Waals surface area contributed by atoms with Crippen LogP contribution in [0.1, 0.15) is 11.1 Å². The van der Waals surface area contributed by atoms with E-state index in [9.17, 15) is 9.90 Å². The van der Waals surface area contributed by atoms with E-state index in [0.29, 0.717) is 29.7 Å². The molecule has 0 bridgehead atoms. The first-order valence-electron chi connectivity index (χ1n) is 8.49. The topological polar surface area (TPSA) is 109 Å². The maximum atomic E-state index is 12.3. The second-order valence-electron chi connectivity index (χ2n) is 6.05. The van der Waals surface area contributed by atoms with Crippen LogP contribution < -0.4 is 5.56 Å². The predicted molar refractivity (Wildman–Crippen MR) is 107 cm³/mol. The third kappa shape index (κ3) is 3.47. The fraction of sp³-hybridized carbons (Fsp3) is 0.105. The molecule has 2 aromatic carbocycles. The van der Waals surface area contributed by atoms with Gasteiger partial charge in [0.15, 0.2) is 10.3 Å². The number of hydrogen-bond acceptors (Lipinski definition) is 7. The van der Waals surface area contributed by atoms with E-state index in [1.165, 1.54) is 10.8 Å². The maximum absolute atomic E-state index is 12.3. The number of rotatable bonds is 5. The van der Waals surface area contributed by atoms with Crippen LogP contribution in [-0.4, -0.2) is 31.2 Å². The summed E-state index contributed by atoms with van der Waals surface area (Å²) < 4.78 is 6.33. The highest BCUT2D eigenvalue weighted by Gasteiger charge is 2.12. The first-order valence-corrected chi connectivity index (χ1v) is 8.89. The molecule has 0 aliphatic rings. The number of aromatic nitrogens is 4. The van der Waals surface area contributed by atoms with Crippen molar-refractivity contribution in [3.05, 3.63) is 74.8 Å². The van der Waals surface area contributed by atoms with Crippen LogP contribution in [0.3, 0.4) is 0 Å².